The van der Waals surface area contributed by atoms with Crippen molar-refractivity contribution in [1.29, 1.82) is 0 Å². The van der Waals surface area contributed by atoms with Gasteiger partial charge in [-0.1, -0.05) is 19.8 Å². The molecule has 1 unspecified atom stereocenters. The van der Waals surface area contributed by atoms with Crippen LogP contribution in [-0.4, -0.2) is 49.2 Å². The molecule has 0 bridgehead atoms. The zero-order chi connectivity index (χ0) is 14.9. The summed E-state index contributed by atoms with van der Waals surface area (Å²) in [6.45, 7) is 12.2. The fraction of sp³-hybridized carbons (Fsp3) is 0.933. The first-order chi connectivity index (χ1) is 8.85. The van der Waals surface area contributed by atoms with Gasteiger partial charge in [-0.05, 0) is 47.7 Å². The lowest BCUT2D eigenvalue weighted by Gasteiger charge is -2.34. The van der Waals surface area contributed by atoms with E-state index in [2.05, 4.69) is 38.0 Å². The normalized spacial score (nSPS) is 14.7. The predicted molar refractivity (Wildman–Crippen MR) is 80.3 cm³/mol. The van der Waals surface area contributed by atoms with Crippen LogP contribution in [0.1, 0.15) is 53.9 Å². The standard InChI is InChI=1S/C15H32N2O2/c1-7-9-10-11-17(6)12-15(5,16-13(3)4)14(18)19-8-2/h13,16H,7-12H2,1-6H3. The smallest absolute Gasteiger partial charge is 0.327 e. The molecular weight excluding hydrogens is 240 g/mol. The minimum atomic E-state index is -0.634. The van der Waals surface area contributed by atoms with Crippen molar-refractivity contribution in [1.82, 2.24) is 10.2 Å². The molecule has 0 aliphatic carbocycles. The van der Waals surface area contributed by atoms with Gasteiger partial charge >= 0.3 is 5.97 Å². The maximum atomic E-state index is 12.2. The van der Waals surface area contributed by atoms with E-state index in [1.807, 2.05) is 13.8 Å². The maximum absolute atomic E-state index is 12.2. The second-order valence-corrected chi connectivity index (χ2v) is 5.80. The van der Waals surface area contributed by atoms with Crippen molar-refractivity contribution in [2.24, 2.45) is 0 Å². The highest BCUT2D eigenvalue weighted by atomic mass is 16.5. The molecule has 4 nitrogen and oxygen atoms in total. The lowest BCUT2D eigenvalue weighted by molar-refractivity contribution is -0.151. The Morgan fingerprint density at radius 3 is 2.42 bits per heavy atom. The van der Waals surface area contributed by atoms with Gasteiger partial charge in [0, 0.05) is 12.6 Å². The van der Waals surface area contributed by atoms with E-state index >= 15 is 0 Å². The van der Waals surface area contributed by atoms with Gasteiger partial charge in [0.25, 0.3) is 0 Å². The molecule has 1 N–H and O–H groups in total. The molecule has 0 aromatic rings. The van der Waals surface area contributed by atoms with Crippen LogP contribution in [0.15, 0.2) is 0 Å². The van der Waals surface area contributed by atoms with Crippen LogP contribution in [0.2, 0.25) is 0 Å². The zero-order valence-electron chi connectivity index (χ0n) is 13.6. The van der Waals surface area contributed by atoms with Gasteiger partial charge in [-0.2, -0.15) is 0 Å². The van der Waals surface area contributed by atoms with Crippen LogP contribution in [0.4, 0.5) is 0 Å². The fourth-order valence-electron chi connectivity index (χ4n) is 2.35. The number of hydrogen-bond acceptors (Lipinski definition) is 4. The molecule has 114 valence electrons. The molecule has 1 atom stereocenters. The molecule has 0 aromatic heterocycles. The van der Waals surface area contributed by atoms with Crippen molar-refractivity contribution < 1.29 is 9.53 Å². The number of carbonyl (C=O) groups excluding carboxylic acids is 1. The maximum Gasteiger partial charge on any atom is 0.327 e. The van der Waals surface area contributed by atoms with E-state index in [0.717, 1.165) is 6.54 Å². The van der Waals surface area contributed by atoms with E-state index in [-0.39, 0.29) is 12.0 Å². The van der Waals surface area contributed by atoms with Crippen molar-refractivity contribution in [2.45, 2.75) is 65.5 Å². The number of unbranched alkanes of at least 4 members (excludes halogenated alkanes) is 2. The average Bonchev–Trinajstić information content (AvgIpc) is 2.28. The third kappa shape index (κ3) is 7.53. The highest BCUT2D eigenvalue weighted by Gasteiger charge is 2.36. The van der Waals surface area contributed by atoms with Gasteiger partial charge in [-0.25, -0.2) is 0 Å². The van der Waals surface area contributed by atoms with Crippen LogP contribution in [0.25, 0.3) is 0 Å². The molecule has 19 heavy (non-hydrogen) atoms. The SMILES string of the molecule is CCCCCN(C)CC(C)(NC(C)C)C(=O)OCC. The Morgan fingerprint density at radius 1 is 1.32 bits per heavy atom. The summed E-state index contributed by atoms with van der Waals surface area (Å²) in [4.78, 5) is 14.4. The monoisotopic (exact) mass is 272 g/mol. The van der Waals surface area contributed by atoms with Crippen LogP contribution in [0, 0.1) is 0 Å². The second kappa shape index (κ2) is 9.32. The Balaban J connectivity index is 4.52. The number of hydrogen-bond donors (Lipinski definition) is 1. The number of rotatable bonds is 10. The Labute approximate surface area is 118 Å². The van der Waals surface area contributed by atoms with Crippen LogP contribution >= 0.6 is 0 Å². The summed E-state index contributed by atoms with van der Waals surface area (Å²) in [7, 11) is 2.06. The fourth-order valence-corrected chi connectivity index (χ4v) is 2.35. The Bertz CT molecular complexity index is 257. The van der Waals surface area contributed by atoms with Crippen molar-refractivity contribution in [3.63, 3.8) is 0 Å². The molecule has 0 amide bonds. The molecule has 4 heteroatoms. The lowest BCUT2D eigenvalue weighted by Crippen LogP contribution is -2.59. The Hall–Kier alpha value is -0.610. The molecule has 0 rings (SSSR count). The van der Waals surface area contributed by atoms with Crippen molar-refractivity contribution in [2.75, 3.05) is 26.7 Å². The van der Waals surface area contributed by atoms with Gasteiger partial charge < -0.3 is 9.64 Å². The number of likely N-dealkylation sites (N-methyl/N-ethyl adjacent to an activating group) is 1. The van der Waals surface area contributed by atoms with E-state index in [1.165, 1.54) is 19.3 Å². The van der Waals surface area contributed by atoms with Gasteiger partial charge in [0.1, 0.15) is 5.54 Å². The van der Waals surface area contributed by atoms with Crippen LogP contribution in [-0.2, 0) is 9.53 Å². The van der Waals surface area contributed by atoms with Crippen LogP contribution in [0.5, 0.6) is 0 Å². The minimum Gasteiger partial charge on any atom is -0.465 e. The van der Waals surface area contributed by atoms with Crippen molar-refractivity contribution >= 4 is 5.97 Å². The number of nitrogens with one attached hydrogen (secondary N) is 1. The lowest BCUT2D eigenvalue weighted by atomic mass is 10.0. The van der Waals surface area contributed by atoms with E-state index in [1.54, 1.807) is 0 Å². The highest BCUT2D eigenvalue weighted by molar-refractivity contribution is 5.80. The molecular formula is C15H32N2O2. The van der Waals surface area contributed by atoms with Crippen LogP contribution < -0.4 is 5.32 Å². The van der Waals surface area contributed by atoms with Crippen LogP contribution in [0.3, 0.4) is 0 Å². The molecule has 0 aromatic carbocycles. The van der Waals surface area contributed by atoms with E-state index < -0.39 is 5.54 Å². The summed E-state index contributed by atoms with van der Waals surface area (Å²) >= 11 is 0. The number of esters is 1. The quantitative estimate of drug-likeness (QED) is 0.490. The van der Waals surface area contributed by atoms with E-state index in [0.29, 0.717) is 13.2 Å². The molecule has 0 saturated heterocycles. The van der Waals surface area contributed by atoms with E-state index in [9.17, 15) is 4.79 Å². The Morgan fingerprint density at radius 2 is 1.95 bits per heavy atom. The zero-order valence-corrected chi connectivity index (χ0v) is 13.6. The largest absolute Gasteiger partial charge is 0.465 e. The second-order valence-electron chi connectivity index (χ2n) is 5.80. The molecule has 0 fully saturated rings. The predicted octanol–water partition coefficient (Wildman–Crippen LogP) is 2.43. The summed E-state index contributed by atoms with van der Waals surface area (Å²) < 4.78 is 5.21. The summed E-state index contributed by atoms with van der Waals surface area (Å²) in [5, 5.41) is 3.35. The Kier molecular flexibility index (Phi) is 9.02. The molecule has 0 aliphatic heterocycles. The topological polar surface area (TPSA) is 41.6 Å². The number of nitrogens with zero attached hydrogens (tertiary/aromatic N) is 1. The van der Waals surface area contributed by atoms with Crippen molar-refractivity contribution in [3.8, 4) is 0 Å². The van der Waals surface area contributed by atoms with E-state index in [4.69, 9.17) is 4.74 Å². The number of ether oxygens (including phenoxy) is 1. The summed E-state index contributed by atoms with van der Waals surface area (Å²) in [6, 6.07) is 0.249. The van der Waals surface area contributed by atoms with Crippen molar-refractivity contribution in [3.05, 3.63) is 0 Å². The van der Waals surface area contributed by atoms with Gasteiger partial charge in [-0.3, -0.25) is 10.1 Å². The van der Waals surface area contributed by atoms with Gasteiger partial charge in [0.05, 0.1) is 6.61 Å². The third-order valence-corrected chi connectivity index (χ3v) is 3.06. The molecule has 0 heterocycles. The molecule has 0 spiro atoms. The third-order valence-electron chi connectivity index (χ3n) is 3.06. The highest BCUT2D eigenvalue weighted by Crippen LogP contribution is 2.11. The number of carbonyl (C=O) groups is 1. The first kappa shape index (κ1) is 18.4. The molecule has 0 saturated carbocycles. The van der Waals surface area contributed by atoms with Gasteiger partial charge in [-0.15, -0.1) is 0 Å². The first-order valence-corrected chi connectivity index (χ1v) is 7.49. The summed E-state index contributed by atoms with van der Waals surface area (Å²) in [5.74, 6) is -0.161. The minimum absolute atomic E-state index is 0.161. The van der Waals surface area contributed by atoms with Gasteiger partial charge in [0.15, 0.2) is 0 Å². The average molecular weight is 272 g/mol. The first-order valence-electron chi connectivity index (χ1n) is 7.49. The summed E-state index contributed by atoms with van der Waals surface area (Å²) in [5.41, 5.74) is -0.634. The summed E-state index contributed by atoms with van der Waals surface area (Å²) in [6.07, 6.45) is 3.62. The van der Waals surface area contributed by atoms with Gasteiger partial charge in [0.2, 0.25) is 0 Å². The molecule has 0 radical (unpaired) electrons. The molecule has 0 aliphatic rings.